The Morgan fingerprint density at radius 2 is 1.55 bits per heavy atom. The van der Waals surface area contributed by atoms with Gasteiger partial charge in [0.1, 0.15) is 11.5 Å². The lowest BCUT2D eigenvalue weighted by Gasteiger charge is -2.35. The summed E-state index contributed by atoms with van der Waals surface area (Å²) in [4.78, 5) is 0. The minimum atomic E-state index is 0.185. The van der Waals surface area contributed by atoms with Crippen LogP contribution in [0, 0.1) is 25.2 Å². The van der Waals surface area contributed by atoms with Crippen LogP contribution in [-0.4, -0.2) is 14.2 Å². The van der Waals surface area contributed by atoms with E-state index in [0.29, 0.717) is 5.92 Å². The van der Waals surface area contributed by atoms with Crippen molar-refractivity contribution in [2.24, 2.45) is 11.3 Å². The molecule has 0 unspecified atom stereocenters. The number of hydrogen-bond donors (Lipinski definition) is 0. The highest BCUT2D eigenvalue weighted by molar-refractivity contribution is 5.81. The van der Waals surface area contributed by atoms with E-state index >= 15 is 0 Å². The van der Waals surface area contributed by atoms with Crippen molar-refractivity contribution in [2.75, 3.05) is 14.2 Å². The van der Waals surface area contributed by atoms with E-state index in [4.69, 9.17) is 9.47 Å². The van der Waals surface area contributed by atoms with Gasteiger partial charge in [0, 0.05) is 0 Å². The molecule has 0 bridgehead atoms. The molecule has 22 heavy (non-hydrogen) atoms. The van der Waals surface area contributed by atoms with Gasteiger partial charge in [0.2, 0.25) is 0 Å². The van der Waals surface area contributed by atoms with Crippen molar-refractivity contribution < 1.29 is 9.47 Å². The smallest absolute Gasteiger partial charge is 0.133 e. The molecule has 2 rings (SSSR count). The maximum atomic E-state index is 5.74. The molecular formula is C20H28O2. The lowest BCUT2D eigenvalue weighted by molar-refractivity contribution is 0.301. The number of allylic oxidation sites excluding steroid dienone is 4. The van der Waals surface area contributed by atoms with Gasteiger partial charge in [-0.15, -0.1) is 0 Å². The molecule has 2 heteroatoms. The van der Waals surface area contributed by atoms with E-state index in [1.807, 2.05) is 0 Å². The Bertz CT molecular complexity index is 587. The first-order valence-corrected chi connectivity index (χ1v) is 7.90. The fourth-order valence-electron chi connectivity index (χ4n) is 3.45. The lowest BCUT2D eigenvalue weighted by atomic mass is 9.70. The molecule has 1 aromatic rings. The zero-order valence-corrected chi connectivity index (χ0v) is 14.9. The van der Waals surface area contributed by atoms with E-state index in [9.17, 15) is 0 Å². The third kappa shape index (κ3) is 2.92. The highest BCUT2D eigenvalue weighted by Crippen LogP contribution is 2.49. The van der Waals surface area contributed by atoms with E-state index in [0.717, 1.165) is 34.6 Å². The maximum absolute atomic E-state index is 5.74. The van der Waals surface area contributed by atoms with Crippen LogP contribution < -0.4 is 9.47 Å². The van der Waals surface area contributed by atoms with Gasteiger partial charge in [-0.3, -0.25) is 0 Å². The standard InChI is InChI=1S/C20H28O2/c1-13-12-14(2)19(22-7)17(18(13)21-6)15-10-8-9-11-16(15)20(3,4)5/h8-10,12,16H,11H2,1-7H3/t16-/m1/s1. The van der Waals surface area contributed by atoms with Crippen LogP contribution in [0.4, 0.5) is 0 Å². The number of ether oxygens (including phenoxy) is 2. The molecule has 0 spiro atoms. The van der Waals surface area contributed by atoms with E-state index < -0.39 is 0 Å². The van der Waals surface area contributed by atoms with Crippen molar-refractivity contribution in [1.82, 2.24) is 0 Å². The molecule has 0 aromatic heterocycles. The molecule has 1 atom stereocenters. The first-order chi connectivity index (χ1) is 10.3. The van der Waals surface area contributed by atoms with Crippen LogP contribution in [0.3, 0.4) is 0 Å². The summed E-state index contributed by atoms with van der Waals surface area (Å²) in [5, 5.41) is 0. The zero-order valence-electron chi connectivity index (χ0n) is 14.9. The van der Waals surface area contributed by atoms with Crippen LogP contribution in [-0.2, 0) is 0 Å². The van der Waals surface area contributed by atoms with Gasteiger partial charge in [-0.05, 0) is 54.4 Å². The summed E-state index contributed by atoms with van der Waals surface area (Å²) in [7, 11) is 3.48. The zero-order chi connectivity index (χ0) is 16.5. The largest absolute Gasteiger partial charge is 0.496 e. The molecular weight excluding hydrogens is 272 g/mol. The molecule has 0 heterocycles. The molecule has 1 aliphatic carbocycles. The van der Waals surface area contributed by atoms with Crippen LogP contribution in [0.15, 0.2) is 24.3 Å². The van der Waals surface area contributed by atoms with Crippen molar-refractivity contribution in [2.45, 2.75) is 41.0 Å². The van der Waals surface area contributed by atoms with Gasteiger partial charge >= 0.3 is 0 Å². The van der Waals surface area contributed by atoms with Gasteiger partial charge in [-0.2, -0.15) is 0 Å². The highest BCUT2D eigenvalue weighted by atomic mass is 16.5. The molecule has 0 aliphatic heterocycles. The van der Waals surface area contributed by atoms with E-state index in [2.05, 4.69) is 58.9 Å². The minimum absolute atomic E-state index is 0.185. The van der Waals surface area contributed by atoms with Crippen LogP contribution in [0.2, 0.25) is 0 Å². The van der Waals surface area contributed by atoms with Crippen LogP contribution in [0.5, 0.6) is 11.5 Å². The average Bonchev–Trinajstić information content (AvgIpc) is 2.45. The molecule has 0 amide bonds. The highest BCUT2D eigenvalue weighted by Gasteiger charge is 2.32. The summed E-state index contributed by atoms with van der Waals surface area (Å²) >= 11 is 0. The number of benzene rings is 1. The van der Waals surface area contributed by atoms with E-state index in [-0.39, 0.29) is 5.41 Å². The van der Waals surface area contributed by atoms with Gasteiger partial charge in [-0.1, -0.05) is 39.0 Å². The fourth-order valence-corrected chi connectivity index (χ4v) is 3.45. The Hall–Kier alpha value is -1.70. The molecule has 1 aromatic carbocycles. The van der Waals surface area contributed by atoms with Gasteiger partial charge < -0.3 is 9.47 Å². The SMILES string of the molecule is COc1c(C)cc(C)c(OC)c1C1=CC=CC[C@H]1C(C)(C)C. The minimum Gasteiger partial charge on any atom is -0.496 e. The second kappa shape index (κ2) is 6.20. The Balaban J connectivity index is 2.74. The Morgan fingerprint density at radius 3 is 2.00 bits per heavy atom. The Kier molecular flexibility index (Phi) is 4.69. The first kappa shape index (κ1) is 16.7. The Labute approximate surface area is 134 Å². The van der Waals surface area contributed by atoms with Crippen molar-refractivity contribution in [3.05, 3.63) is 41.0 Å². The van der Waals surface area contributed by atoms with Crippen molar-refractivity contribution >= 4 is 5.57 Å². The second-order valence-electron chi connectivity index (χ2n) is 7.16. The number of rotatable bonds is 3. The maximum Gasteiger partial charge on any atom is 0.133 e. The third-order valence-corrected chi connectivity index (χ3v) is 4.50. The van der Waals surface area contributed by atoms with Gasteiger partial charge in [0.05, 0.1) is 19.8 Å². The lowest BCUT2D eigenvalue weighted by Crippen LogP contribution is -2.23. The van der Waals surface area contributed by atoms with Crippen LogP contribution in [0.1, 0.15) is 43.9 Å². The van der Waals surface area contributed by atoms with Crippen LogP contribution >= 0.6 is 0 Å². The number of methoxy groups -OCH3 is 2. The predicted octanol–water partition coefficient (Wildman–Crippen LogP) is 5.33. The second-order valence-corrected chi connectivity index (χ2v) is 7.16. The summed E-state index contributed by atoms with van der Waals surface area (Å²) in [5.41, 5.74) is 4.92. The molecule has 1 aliphatic rings. The molecule has 0 radical (unpaired) electrons. The molecule has 120 valence electrons. The van der Waals surface area contributed by atoms with E-state index in [1.165, 1.54) is 5.57 Å². The topological polar surface area (TPSA) is 18.5 Å². The van der Waals surface area contributed by atoms with Gasteiger partial charge in [0.25, 0.3) is 0 Å². The van der Waals surface area contributed by atoms with Crippen LogP contribution in [0.25, 0.3) is 5.57 Å². The normalized spacial score (nSPS) is 18.1. The average molecular weight is 300 g/mol. The van der Waals surface area contributed by atoms with Crippen molar-refractivity contribution in [3.8, 4) is 11.5 Å². The predicted molar refractivity (Wildman–Crippen MR) is 93.7 cm³/mol. The molecule has 0 fully saturated rings. The summed E-state index contributed by atoms with van der Waals surface area (Å²) in [6, 6.07) is 2.13. The monoisotopic (exact) mass is 300 g/mol. The molecule has 0 saturated carbocycles. The molecule has 0 N–H and O–H groups in total. The first-order valence-electron chi connectivity index (χ1n) is 7.90. The summed E-state index contributed by atoms with van der Waals surface area (Å²) in [5.74, 6) is 2.30. The summed E-state index contributed by atoms with van der Waals surface area (Å²) in [6.45, 7) is 11.1. The Morgan fingerprint density at radius 1 is 1.00 bits per heavy atom. The summed E-state index contributed by atoms with van der Waals surface area (Å²) in [6.07, 6.45) is 7.67. The quantitative estimate of drug-likeness (QED) is 0.751. The van der Waals surface area contributed by atoms with Crippen molar-refractivity contribution in [1.29, 1.82) is 0 Å². The molecule has 0 saturated heterocycles. The third-order valence-electron chi connectivity index (χ3n) is 4.50. The molecule has 2 nitrogen and oxygen atoms in total. The fraction of sp³-hybridized carbons (Fsp3) is 0.500. The number of aryl methyl sites for hydroxylation is 2. The summed E-state index contributed by atoms with van der Waals surface area (Å²) < 4.78 is 11.5. The van der Waals surface area contributed by atoms with Gasteiger partial charge in [0.15, 0.2) is 0 Å². The van der Waals surface area contributed by atoms with E-state index in [1.54, 1.807) is 14.2 Å². The van der Waals surface area contributed by atoms with Crippen molar-refractivity contribution in [3.63, 3.8) is 0 Å². The van der Waals surface area contributed by atoms with Gasteiger partial charge in [-0.25, -0.2) is 0 Å². The number of hydrogen-bond acceptors (Lipinski definition) is 2.